The number of hydrogen-bond donors (Lipinski definition) is 0. The van der Waals surface area contributed by atoms with Crippen molar-refractivity contribution >= 4 is 11.3 Å². The van der Waals surface area contributed by atoms with Gasteiger partial charge in [-0.2, -0.15) is 4.98 Å². The van der Waals surface area contributed by atoms with Crippen LogP contribution < -0.4 is 4.74 Å². The first-order valence-electron chi connectivity index (χ1n) is 8.04. The third-order valence-electron chi connectivity index (χ3n) is 4.37. The van der Waals surface area contributed by atoms with Gasteiger partial charge in [0.1, 0.15) is 5.75 Å². The fourth-order valence-corrected chi connectivity index (χ4v) is 3.72. The molecule has 1 aromatic carbocycles. The summed E-state index contributed by atoms with van der Waals surface area (Å²) in [5, 5.41) is 6.15. The minimum atomic E-state index is 0.324. The number of methoxy groups -OCH3 is 1. The van der Waals surface area contributed by atoms with Gasteiger partial charge in [-0.15, -0.1) is 11.3 Å². The van der Waals surface area contributed by atoms with Gasteiger partial charge in [0.15, 0.2) is 0 Å². The van der Waals surface area contributed by atoms with E-state index >= 15 is 0 Å². The van der Waals surface area contributed by atoms with Gasteiger partial charge in [0.2, 0.25) is 11.7 Å². The zero-order valence-electron chi connectivity index (χ0n) is 13.5. The minimum Gasteiger partial charge on any atom is -0.497 e. The Morgan fingerprint density at radius 1 is 1.29 bits per heavy atom. The fourth-order valence-electron chi connectivity index (χ4n) is 3.07. The number of nitrogens with zero attached hydrogens (tertiary/aromatic N) is 3. The van der Waals surface area contributed by atoms with Crippen molar-refractivity contribution in [2.45, 2.75) is 18.9 Å². The summed E-state index contributed by atoms with van der Waals surface area (Å²) in [5.41, 5.74) is 1.29. The molecule has 0 aliphatic carbocycles. The maximum absolute atomic E-state index is 5.50. The molecule has 0 radical (unpaired) electrons. The van der Waals surface area contributed by atoms with E-state index in [0.717, 1.165) is 42.6 Å². The number of aromatic nitrogens is 2. The summed E-state index contributed by atoms with van der Waals surface area (Å²) in [6.45, 7) is 2.94. The molecule has 3 heterocycles. The molecular formula is C18H19N3O2S. The van der Waals surface area contributed by atoms with Gasteiger partial charge in [0.05, 0.1) is 17.9 Å². The second-order valence-electron chi connectivity index (χ2n) is 6.00. The van der Waals surface area contributed by atoms with Crippen molar-refractivity contribution < 1.29 is 9.26 Å². The Kier molecular flexibility index (Phi) is 4.32. The monoisotopic (exact) mass is 341 g/mol. The Morgan fingerprint density at radius 2 is 2.17 bits per heavy atom. The van der Waals surface area contributed by atoms with Crippen molar-refractivity contribution in [3.63, 3.8) is 0 Å². The highest BCUT2D eigenvalue weighted by molar-refractivity contribution is 7.13. The largest absolute Gasteiger partial charge is 0.497 e. The van der Waals surface area contributed by atoms with Crippen molar-refractivity contribution in [3.05, 3.63) is 53.2 Å². The van der Waals surface area contributed by atoms with E-state index in [1.165, 1.54) is 5.56 Å². The zero-order chi connectivity index (χ0) is 16.4. The predicted molar refractivity (Wildman–Crippen MR) is 93.2 cm³/mol. The van der Waals surface area contributed by atoms with Gasteiger partial charge in [-0.3, -0.25) is 4.90 Å². The maximum Gasteiger partial charge on any atom is 0.231 e. The van der Waals surface area contributed by atoms with Crippen LogP contribution in [-0.2, 0) is 6.54 Å². The molecule has 1 aliphatic rings. The molecule has 6 heteroatoms. The molecule has 24 heavy (non-hydrogen) atoms. The van der Waals surface area contributed by atoms with E-state index in [4.69, 9.17) is 9.26 Å². The van der Waals surface area contributed by atoms with Crippen LogP contribution in [0.3, 0.4) is 0 Å². The maximum atomic E-state index is 5.50. The topological polar surface area (TPSA) is 51.4 Å². The van der Waals surface area contributed by atoms with Crippen molar-refractivity contribution in [2.75, 3.05) is 20.2 Å². The first kappa shape index (κ1) is 15.4. The van der Waals surface area contributed by atoms with Crippen LogP contribution in [0.4, 0.5) is 0 Å². The molecule has 0 unspecified atom stereocenters. The quantitative estimate of drug-likeness (QED) is 0.706. The van der Waals surface area contributed by atoms with Crippen LogP contribution in [-0.4, -0.2) is 35.2 Å². The molecule has 2 aromatic heterocycles. The average Bonchev–Trinajstić information content (AvgIpc) is 3.36. The number of benzene rings is 1. The first-order valence-corrected chi connectivity index (χ1v) is 8.92. The molecule has 1 aliphatic heterocycles. The molecule has 124 valence electrons. The van der Waals surface area contributed by atoms with Crippen LogP contribution in [0.1, 0.15) is 23.8 Å². The third-order valence-corrected chi connectivity index (χ3v) is 5.24. The summed E-state index contributed by atoms with van der Waals surface area (Å²) in [5.74, 6) is 2.68. The van der Waals surface area contributed by atoms with Crippen molar-refractivity contribution in [3.8, 4) is 16.5 Å². The van der Waals surface area contributed by atoms with Crippen LogP contribution in [0.5, 0.6) is 5.75 Å². The Balaban J connectivity index is 1.39. The van der Waals surface area contributed by atoms with Crippen LogP contribution >= 0.6 is 11.3 Å². The first-order chi connectivity index (χ1) is 11.8. The molecule has 0 amide bonds. The summed E-state index contributed by atoms with van der Waals surface area (Å²) < 4.78 is 10.7. The van der Waals surface area contributed by atoms with Crippen LogP contribution in [0, 0.1) is 0 Å². The van der Waals surface area contributed by atoms with Gasteiger partial charge < -0.3 is 9.26 Å². The van der Waals surface area contributed by atoms with Gasteiger partial charge in [0.25, 0.3) is 0 Å². The Bertz CT molecular complexity index is 783. The van der Waals surface area contributed by atoms with Crippen LogP contribution in [0.2, 0.25) is 0 Å². The molecule has 0 saturated carbocycles. The third kappa shape index (κ3) is 3.20. The summed E-state index contributed by atoms with van der Waals surface area (Å²) in [4.78, 5) is 8.07. The fraction of sp³-hybridized carbons (Fsp3) is 0.333. The van der Waals surface area contributed by atoms with E-state index in [9.17, 15) is 0 Å². The molecule has 4 rings (SSSR count). The lowest BCUT2D eigenvalue weighted by Gasteiger charge is -2.15. The molecule has 1 fully saturated rings. The zero-order valence-corrected chi connectivity index (χ0v) is 14.3. The molecule has 3 aromatic rings. The molecule has 1 atom stereocenters. The van der Waals surface area contributed by atoms with Crippen LogP contribution in [0.15, 0.2) is 46.3 Å². The van der Waals surface area contributed by atoms with Gasteiger partial charge >= 0.3 is 0 Å². The Hall–Kier alpha value is -2.18. The summed E-state index contributed by atoms with van der Waals surface area (Å²) in [6, 6.07) is 12.3. The summed E-state index contributed by atoms with van der Waals surface area (Å²) in [7, 11) is 1.69. The summed E-state index contributed by atoms with van der Waals surface area (Å²) in [6.07, 6.45) is 1.06. The normalized spacial score (nSPS) is 18.1. The van der Waals surface area contributed by atoms with Crippen molar-refractivity contribution in [1.82, 2.24) is 15.0 Å². The lowest BCUT2D eigenvalue weighted by atomic mass is 10.1. The van der Waals surface area contributed by atoms with E-state index < -0.39 is 0 Å². The highest BCUT2D eigenvalue weighted by atomic mass is 32.1. The van der Waals surface area contributed by atoms with E-state index in [2.05, 4.69) is 27.2 Å². The van der Waals surface area contributed by atoms with Gasteiger partial charge in [-0.05, 0) is 42.1 Å². The number of likely N-dealkylation sites (tertiary alicyclic amines) is 1. The molecule has 1 saturated heterocycles. The Morgan fingerprint density at radius 3 is 2.92 bits per heavy atom. The second-order valence-corrected chi connectivity index (χ2v) is 6.95. The van der Waals surface area contributed by atoms with Gasteiger partial charge in [-0.1, -0.05) is 23.4 Å². The van der Waals surface area contributed by atoms with E-state index in [1.54, 1.807) is 18.4 Å². The summed E-state index contributed by atoms with van der Waals surface area (Å²) >= 11 is 1.63. The number of hydrogen-bond acceptors (Lipinski definition) is 6. The number of thiophene rings is 1. The number of ether oxygens (including phenoxy) is 1. The van der Waals surface area contributed by atoms with Gasteiger partial charge in [0, 0.05) is 13.1 Å². The molecule has 0 spiro atoms. The van der Waals surface area contributed by atoms with Crippen molar-refractivity contribution in [1.29, 1.82) is 0 Å². The highest BCUT2D eigenvalue weighted by Crippen LogP contribution is 2.29. The standard InChI is InChI=1S/C18H19N3O2S/c1-22-15-6-4-13(5-7-15)11-21-9-8-14(12-21)18-19-17(20-23-18)16-3-2-10-24-16/h2-7,10,14H,8-9,11-12H2,1H3/t14-/m0/s1. The SMILES string of the molecule is COc1ccc(CN2CC[C@H](c3nc(-c4cccs4)no3)C2)cc1. The second kappa shape index (κ2) is 6.75. The Labute approximate surface area is 144 Å². The highest BCUT2D eigenvalue weighted by Gasteiger charge is 2.28. The molecule has 0 N–H and O–H groups in total. The smallest absolute Gasteiger partial charge is 0.231 e. The van der Waals surface area contributed by atoms with Crippen LogP contribution in [0.25, 0.3) is 10.7 Å². The predicted octanol–water partition coefficient (Wildman–Crippen LogP) is 3.80. The van der Waals surface area contributed by atoms with Gasteiger partial charge in [-0.25, -0.2) is 0 Å². The van der Waals surface area contributed by atoms with E-state index in [1.807, 2.05) is 29.6 Å². The lowest BCUT2D eigenvalue weighted by Crippen LogP contribution is -2.19. The lowest BCUT2D eigenvalue weighted by molar-refractivity contribution is 0.309. The number of rotatable bonds is 5. The molecule has 0 bridgehead atoms. The van der Waals surface area contributed by atoms with Crippen molar-refractivity contribution in [2.24, 2.45) is 0 Å². The molecular weight excluding hydrogens is 322 g/mol. The van der Waals surface area contributed by atoms with E-state index in [0.29, 0.717) is 11.7 Å². The van der Waals surface area contributed by atoms with E-state index in [-0.39, 0.29) is 0 Å². The minimum absolute atomic E-state index is 0.324. The molecule has 5 nitrogen and oxygen atoms in total. The average molecular weight is 341 g/mol.